The molecular formula is C14H13N3O2S. The van der Waals surface area contributed by atoms with E-state index in [0.717, 1.165) is 11.3 Å². The monoisotopic (exact) mass is 287 g/mol. The highest BCUT2D eigenvalue weighted by Gasteiger charge is 2.18. The molecule has 0 amide bonds. The van der Waals surface area contributed by atoms with Crippen LogP contribution in [0.2, 0.25) is 0 Å². The van der Waals surface area contributed by atoms with E-state index in [-0.39, 0.29) is 16.3 Å². The van der Waals surface area contributed by atoms with Crippen molar-refractivity contribution in [1.29, 1.82) is 5.26 Å². The Bertz CT molecular complexity index is 772. The summed E-state index contributed by atoms with van der Waals surface area (Å²) in [6.07, 6.45) is 0. The van der Waals surface area contributed by atoms with Crippen LogP contribution in [0.5, 0.6) is 0 Å². The summed E-state index contributed by atoms with van der Waals surface area (Å²) in [6, 6.07) is 11.4. The molecule has 0 aliphatic rings. The molecule has 0 aliphatic heterocycles. The minimum Gasteiger partial charge on any atom is -0.263 e. The quantitative estimate of drug-likeness (QED) is 0.939. The first kappa shape index (κ1) is 14.0. The number of aryl methyl sites for hydroxylation is 2. The first-order valence-electron chi connectivity index (χ1n) is 5.89. The summed E-state index contributed by atoms with van der Waals surface area (Å²) >= 11 is 0. The molecule has 1 aromatic heterocycles. The number of nitrogens with zero attached hydrogens (tertiary/aromatic N) is 2. The lowest BCUT2D eigenvalue weighted by Gasteiger charge is -2.09. The molecule has 1 N–H and O–H groups in total. The molecule has 0 fully saturated rings. The van der Waals surface area contributed by atoms with Crippen molar-refractivity contribution in [2.24, 2.45) is 0 Å². The number of sulfonamides is 1. The Labute approximate surface area is 118 Å². The standard InChI is InChI=1S/C14H13N3O2S/c1-10-7-11(2)16-14(8-10)17-20(18,19)13-6-4-3-5-12(13)9-15/h3-8H,1-2H3,(H,16,17). The Kier molecular flexibility index (Phi) is 3.72. The fourth-order valence-corrected chi connectivity index (χ4v) is 3.03. The molecule has 0 saturated heterocycles. The summed E-state index contributed by atoms with van der Waals surface area (Å²) in [4.78, 5) is 4.07. The predicted octanol–water partition coefficient (Wildman–Crippen LogP) is 2.37. The zero-order chi connectivity index (χ0) is 14.8. The first-order chi connectivity index (χ1) is 9.42. The number of hydrogen-bond donors (Lipinski definition) is 1. The number of benzene rings is 1. The van der Waals surface area contributed by atoms with E-state index in [0.29, 0.717) is 0 Å². The van der Waals surface area contributed by atoms with E-state index >= 15 is 0 Å². The molecule has 0 spiro atoms. The molecule has 5 nitrogen and oxygen atoms in total. The van der Waals surface area contributed by atoms with E-state index < -0.39 is 10.0 Å². The van der Waals surface area contributed by atoms with Gasteiger partial charge in [-0.3, -0.25) is 4.72 Å². The van der Waals surface area contributed by atoms with Crippen LogP contribution in [-0.4, -0.2) is 13.4 Å². The largest absolute Gasteiger partial charge is 0.264 e. The SMILES string of the molecule is Cc1cc(C)nc(NS(=O)(=O)c2ccccc2C#N)c1. The van der Waals surface area contributed by atoms with Crippen LogP contribution in [0.1, 0.15) is 16.8 Å². The zero-order valence-electron chi connectivity index (χ0n) is 11.1. The van der Waals surface area contributed by atoms with Gasteiger partial charge < -0.3 is 0 Å². The van der Waals surface area contributed by atoms with Crippen LogP contribution >= 0.6 is 0 Å². The molecular weight excluding hydrogens is 274 g/mol. The summed E-state index contributed by atoms with van der Waals surface area (Å²) in [6.45, 7) is 3.64. The Morgan fingerprint density at radius 3 is 2.55 bits per heavy atom. The highest BCUT2D eigenvalue weighted by atomic mass is 32.2. The molecule has 0 unspecified atom stereocenters. The number of pyridine rings is 1. The lowest BCUT2D eigenvalue weighted by Crippen LogP contribution is -2.15. The summed E-state index contributed by atoms with van der Waals surface area (Å²) < 4.78 is 27.0. The van der Waals surface area contributed by atoms with Gasteiger partial charge in [0.25, 0.3) is 10.0 Å². The van der Waals surface area contributed by atoms with E-state index in [4.69, 9.17) is 5.26 Å². The predicted molar refractivity (Wildman–Crippen MR) is 75.7 cm³/mol. The Morgan fingerprint density at radius 1 is 1.20 bits per heavy atom. The molecule has 0 aliphatic carbocycles. The molecule has 0 bridgehead atoms. The second-order valence-corrected chi connectivity index (χ2v) is 6.04. The molecule has 2 rings (SSSR count). The summed E-state index contributed by atoms with van der Waals surface area (Å²) in [5.41, 5.74) is 1.73. The topological polar surface area (TPSA) is 82.8 Å². The second-order valence-electron chi connectivity index (χ2n) is 4.38. The number of rotatable bonds is 3. The van der Waals surface area contributed by atoms with Crippen molar-refractivity contribution in [1.82, 2.24) is 4.98 Å². The fourth-order valence-electron chi connectivity index (χ4n) is 1.88. The molecule has 0 atom stereocenters. The molecule has 102 valence electrons. The molecule has 0 saturated carbocycles. The van der Waals surface area contributed by atoms with Crippen LogP contribution in [0.25, 0.3) is 0 Å². The molecule has 1 aromatic carbocycles. The minimum atomic E-state index is -3.82. The number of nitrogens with one attached hydrogen (secondary N) is 1. The third-order valence-corrected chi connectivity index (χ3v) is 4.05. The van der Waals surface area contributed by atoms with Gasteiger partial charge in [0.15, 0.2) is 0 Å². The average Bonchev–Trinajstić information content (AvgIpc) is 2.36. The molecule has 6 heteroatoms. The molecule has 20 heavy (non-hydrogen) atoms. The van der Waals surface area contributed by atoms with Gasteiger partial charge in [0.2, 0.25) is 0 Å². The van der Waals surface area contributed by atoms with Crippen LogP contribution in [0.3, 0.4) is 0 Å². The Morgan fingerprint density at radius 2 is 1.90 bits per heavy atom. The van der Waals surface area contributed by atoms with Gasteiger partial charge in [0.1, 0.15) is 16.8 Å². The highest BCUT2D eigenvalue weighted by molar-refractivity contribution is 7.92. The Hall–Kier alpha value is -2.39. The third kappa shape index (κ3) is 2.95. The first-order valence-corrected chi connectivity index (χ1v) is 7.38. The third-order valence-electron chi connectivity index (χ3n) is 2.63. The van der Waals surface area contributed by atoms with Gasteiger partial charge in [-0.25, -0.2) is 13.4 Å². The van der Waals surface area contributed by atoms with Gasteiger partial charge in [-0.15, -0.1) is 0 Å². The summed E-state index contributed by atoms with van der Waals surface area (Å²) in [5.74, 6) is 0.246. The van der Waals surface area contributed by atoms with Crippen molar-refractivity contribution >= 4 is 15.8 Å². The van der Waals surface area contributed by atoms with Crippen molar-refractivity contribution in [2.45, 2.75) is 18.7 Å². The molecule has 1 heterocycles. The lowest BCUT2D eigenvalue weighted by molar-refractivity contribution is 0.601. The van der Waals surface area contributed by atoms with Crippen LogP contribution in [0, 0.1) is 25.2 Å². The number of anilines is 1. The van der Waals surface area contributed by atoms with E-state index in [1.807, 2.05) is 19.1 Å². The maximum absolute atomic E-state index is 12.3. The van der Waals surface area contributed by atoms with Gasteiger partial charge in [0.05, 0.1) is 5.56 Å². The second kappa shape index (κ2) is 5.31. The van der Waals surface area contributed by atoms with E-state index in [1.165, 1.54) is 12.1 Å². The van der Waals surface area contributed by atoms with Gasteiger partial charge in [-0.05, 0) is 43.7 Å². The number of hydrogen-bond acceptors (Lipinski definition) is 4. The van der Waals surface area contributed by atoms with Crippen LogP contribution in [-0.2, 0) is 10.0 Å². The number of aromatic nitrogens is 1. The smallest absolute Gasteiger partial charge is 0.263 e. The van der Waals surface area contributed by atoms with Crippen molar-refractivity contribution in [2.75, 3.05) is 4.72 Å². The van der Waals surface area contributed by atoms with Crippen molar-refractivity contribution < 1.29 is 8.42 Å². The minimum absolute atomic E-state index is 0.0524. The van der Waals surface area contributed by atoms with Crippen LogP contribution in [0.15, 0.2) is 41.3 Å². The maximum atomic E-state index is 12.3. The number of nitriles is 1. The average molecular weight is 287 g/mol. The summed E-state index contributed by atoms with van der Waals surface area (Å²) in [7, 11) is -3.82. The van der Waals surface area contributed by atoms with Crippen molar-refractivity contribution in [3.05, 3.63) is 53.2 Å². The van der Waals surface area contributed by atoms with Gasteiger partial charge >= 0.3 is 0 Å². The Balaban J connectivity index is 2.44. The van der Waals surface area contributed by atoms with Crippen molar-refractivity contribution in [3.63, 3.8) is 0 Å². The fraction of sp³-hybridized carbons (Fsp3) is 0.143. The zero-order valence-corrected chi connectivity index (χ0v) is 11.9. The van der Waals surface area contributed by atoms with Crippen LogP contribution in [0.4, 0.5) is 5.82 Å². The van der Waals surface area contributed by atoms with E-state index in [9.17, 15) is 8.42 Å². The summed E-state index contributed by atoms with van der Waals surface area (Å²) in [5, 5.41) is 8.98. The van der Waals surface area contributed by atoms with Crippen molar-refractivity contribution in [3.8, 4) is 6.07 Å². The van der Waals surface area contributed by atoms with E-state index in [1.54, 1.807) is 25.1 Å². The highest BCUT2D eigenvalue weighted by Crippen LogP contribution is 2.19. The van der Waals surface area contributed by atoms with E-state index in [2.05, 4.69) is 9.71 Å². The normalized spacial score (nSPS) is 10.8. The van der Waals surface area contributed by atoms with Crippen LogP contribution < -0.4 is 4.72 Å². The van der Waals surface area contributed by atoms with Gasteiger partial charge in [0, 0.05) is 5.69 Å². The molecule has 0 radical (unpaired) electrons. The van der Waals surface area contributed by atoms with Gasteiger partial charge in [-0.2, -0.15) is 5.26 Å². The maximum Gasteiger partial charge on any atom is 0.264 e. The molecule has 2 aromatic rings. The lowest BCUT2D eigenvalue weighted by atomic mass is 10.2. The van der Waals surface area contributed by atoms with Gasteiger partial charge in [-0.1, -0.05) is 12.1 Å².